The van der Waals surface area contributed by atoms with Crippen LogP contribution in [0.4, 0.5) is 13.2 Å². The first kappa shape index (κ1) is 18.4. The lowest BCUT2D eigenvalue weighted by Gasteiger charge is -2.19. The summed E-state index contributed by atoms with van der Waals surface area (Å²) in [6.45, 7) is 2.56. The smallest absolute Gasteiger partial charge is 0.281 e. The highest BCUT2D eigenvalue weighted by Crippen LogP contribution is 2.41. The topological polar surface area (TPSA) is 72.7 Å². The number of hydrogen-bond donors (Lipinski definition) is 1. The normalized spacial score (nSPS) is 15.2. The van der Waals surface area contributed by atoms with Gasteiger partial charge in [-0.25, -0.2) is 23.1 Å². The highest BCUT2D eigenvalue weighted by Gasteiger charge is 2.37. The van der Waals surface area contributed by atoms with E-state index in [4.69, 9.17) is 0 Å². The van der Waals surface area contributed by atoms with E-state index in [0.717, 1.165) is 30.8 Å². The predicted molar refractivity (Wildman–Crippen MR) is 95.3 cm³/mol. The third-order valence-corrected chi connectivity index (χ3v) is 4.84. The van der Waals surface area contributed by atoms with Crippen molar-refractivity contribution in [1.29, 1.82) is 0 Å². The van der Waals surface area contributed by atoms with Crippen molar-refractivity contribution in [2.24, 2.45) is 5.92 Å². The van der Waals surface area contributed by atoms with E-state index >= 15 is 0 Å². The fourth-order valence-electron chi connectivity index (χ4n) is 3.30. The molecule has 1 N–H and O–H groups in total. The second kappa shape index (κ2) is 7.21. The van der Waals surface area contributed by atoms with Crippen LogP contribution < -0.4 is 5.32 Å². The largest absolute Gasteiger partial charge is 0.340 e. The number of nitrogens with zero attached hydrogens (tertiary/aromatic N) is 4. The highest BCUT2D eigenvalue weighted by molar-refractivity contribution is 5.92. The van der Waals surface area contributed by atoms with Crippen LogP contribution in [0, 0.1) is 11.7 Å². The van der Waals surface area contributed by atoms with E-state index in [2.05, 4.69) is 20.3 Å². The summed E-state index contributed by atoms with van der Waals surface area (Å²) >= 11 is 0. The van der Waals surface area contributed by atoms with Crippen LogP contribution in [0.2, 0.25) is 0 Å². The summed E-state index contributed by atoms with van der Waals surface area (Å²) in [4.78, 5) is 24.5. The Kier molecular flexibility index (Phi) is 4.74. The summed E-state index contributed by atoms with van der Waals surface area (Å²) in [6, 6.07) is 4.04. The average molecular weight is 389 g/mol. The molecule has 0 aliphatic heterocycles. The molecule has 0 saturated heterocycles. The zero-order chi connectivity index (χ0) is 19.8. The first-order valence-corrected chi connectivity index (χ1v) is 9.04. The molecular weight excluding hydrogens is 371 g/mol. The van der Waals surface area contributed by atoms with Gasteiger partial charge in [-0.1, -0.05) is 0 Å². The van der Waals surface area contributed by atoms with Gasteiger partial charge in [0.1, 0.15) is 23.0 Å². The van der Waals surface area contributed by atoms with Crippen molar-refractivity contribution >= 4 is 16.9 Å². The summed E-state index contributed by atoms with van der Waals surface area (Å²) in [6.07, 6.45) is 1.06. The van der Waals surface area contributed by atoms with Crippen LogP contribution in [-0.4, -0.2) is 25.4 Å². The summed E-state index contributed by atoms with van der Waals surface area (Å²) in [7, 11) is 0. The van der Waals surface area contributed by atoms with Crippen molar-refractivity contribution in [2.45, 2.75) is 38.8 Å². The molecule has 1 saturated carbocycles. The molecule has 28 heavy (non-hydrogen) atoms. The third-order valence-electron chi connectivity index (χ3n) is 4.84. The molecule has 1 aliphatic carbocycles. The number of amides is 1. The maximum atomic E-state index is 13.6. The lowest BCUT2D eigenvalue weighted by atomic mass is 10.1. The number of imidazole rings is 1. The number of aromatic nitrogens is 4. The number of carbonyl (C=O) groups is 1. The Hall–Kier alpha value is -2.97. The molecule has 1 atom stereocenters. The number of fused-ring (bicyclic) bond motifs is 1. The zero-order valence-corrected chi connectivity index (χ0v) is 15.1. The van der Waals surface area contributed by atoms with Crippen molar-refractivity contribution in [1.82, 2.24) is 24.8 Å². The maximum absolute atomic E-state index is 13.6. The Morgan fingerprint density at radius 3 is 2.68 bits per heavy atom. The molecule has 2 heterocycles. The molecule has 1 aromatic carbocycles. The average Bonchev–Trinajstić information content (AvgIpc) is 3.46. The van der Waals surface area contributed by atoms with E-state index in [0.29, 0.717) is 17.9 Å². The van der Waals surface area contributed by atoms with Gasteiger partial charge in [0.2, 0.25) is 0 Å². The number of aryl methyl sites for hydroxylation is 1. The summed E-state index contributed by atoms with van der Waals surface area (Å²) in [5.41, 5.74) is 0.794. The van der Waals surface area contributed by atoms with Gasteiger partial charge < -0.3 is 9.88 Å². The zero-order valence-electron chi connectivity index (χ0n) is 15.1. The van der Waals surface area contributed by atoms with Crippen LogP contribution in [0.1, 0.15) is 54.2 Å². The van der Waals surface area contributed by atoms with Gasteiger partial charge >= 0.3 is 0 Å². The van der Waals surface area contributed by atoms with Gasteiger partial charge in [0, 0.05) is 12.6 Å². The van der Waals surface area contributed by atoms with E-state index in [1.54, 1.807) is 6.07 Å². The first-order chi connectivity index (χ1) is 13.5. The van der Waals surface area contributed by atoms with E-state index in [9.17, 15) is 18.0 Å². The number of hydrogen-bond acceptors (Lipinski definition) is 4. The summed E-state index contributed by atoms with van der Waals surface area (Å²) in [5.74, 6) is -0.0207. The van der Waals surface area contributed by atoms with Gasteiger partial charge in [0.25, 0.3) is 12.3 Å². The molecule has 4 rings (SSSR count). The number of carbonyl (C=O) groups excluding carboxylic acids is 1. The van der Waals surface area contributed by atoms with Gasteiger partial charge in [-0.15, -0.1) is 0 Å². The Balaban J connectivity index is 1.65. The van der Waals surface area contributed by atoms with Crippen molar-refractivity contribution in [3.05, 3.63) is 53.6 Å². The fraction of sp³-hybridized carbons (Fsp3) is 0.368. The van der Waals surface area contributed by atoms with Gasteiger partial charge in [-0.2, -0.15) is 0 Å². The Morgan fingerprint density at radius 1 is 1.29 bits per heavy atom. The molecule has 2 aromatic heterocycles. The van der Waals surface area contributed by atoms with Gasteiger partial charge in [-0.3, -0.25) is 9.78 Å². The van der Waals surface area contributed by atoms with E-state index in [-0.39, 0.29) is 23.5 Å². The minimum Gasteiger partial charge on any atom is -0.340 e. The number of halogens is 3. The molecule has 9 heteroatoms. The Bertz CT molecular complexity index is 1010. The monoisotopic (exact) mass is 389 g/mol. The van der Waals surface area contributed by atoms with Crippen LogP contribution in [0.25, 0.3) is 11.0 Å². The molecule has 3 aromatic rings. The molecule has 146 valence electrons. The van der Waals surface area contributed by atoms with Crippen LogP contribution in [0.5, 0.6) is 0 Å². The molecule has 1 aliphatic rings. The van der Waals surface area contributed by atoms with Gasteiger partial charge in [0.15, 0.2) is 0 Å². The lowest BCUT2D eigenvalue weighted by Crippen LogP contribution is -2.32. The minimum absolute atomic E-state index is 0.0414. The SMILES string of the molecule is CCn1c([C@@H](NC(=O)c2cnc(C(F)F)cn2)C2CC2)nc2cc(F)ccc21. The van der Waals surface area contributed by atoms with Crippen LogP contribution >= 0.6 is 0 Å². The maximum Gasteiger partial charge on any atom is 0.281 e. The molecule has 0 radical (unpaired) electrons. The van der Waals surface area contributed by atoms with Crippen LogP contribution in [0.3, 0.4) is 0 Å². The molecule has 6 nitrogen and oxygen atoms in total. The number of alkyl halides is 2. The Morgan fingerprint density at radius 2 is 2.07 bits per heavy atom. The molecule has 1 fully saturated rings. The van der Waals surface area contributed by atoms with Crippen molar-refractivity contribution in [3.8, 4) is 0 Å². The van der Waals surface area contributed by atoms with Crippen LogP contribution in [0.15, 0.2) is 30.6 Å². The standard InChI is InChI=1S/C19H18F3N5O/c1-2-27-15-6-5-11(20)7-12(15)25-18(27)16(10-3-4-10)26-19(28)14-9-23-13(8-24-14)17(21)22/h5-10,16-17H,2-4H2,1H3,(H,26,28)/t16-/m0/s1. The van der Waals surface area contributed by atoms with E-state index in [1.807, 2.05) is 11.5 Å². The fourth-order valence-corrected chi connectivity index (χ4v) is 3.30. The van der Waals surface area contributed by atoms with Crippen molar-refractivity contribution in [3.63, 3.8) is 0 Å². The van der Waals surface area contributed by atoms with E-state index in [1.165, 1.54) is 12.1 Å². The van der Waals surface area contributed by atoms with Gasteiger partial charge in [0.05, 0.1) is 29.5 Å². The number of nitrogens with one attached hydrogen (secondary N) is 1. The lowest BCUT2D eigenvalue weighted by molar-refractivity contribution is 0.0922. The minimum atomic E-state index is -2.74. The molecule has 0 unspecified atom stereocenters. The second-order valence-corrected chi connectivity index (χ2v) is 6.76. The molecule has 0 spiro atoms. The second-order valence-electron chi connectivity index (χ2n) is 6.76. The number of rotatable bonds is 6. The van der Waals surface area contributed by atoms with Gasteiger partial charge in [-0.05, 0) is 37.8 Å². The highest BCUT2D eigenvalue weighted by atomic mass is 19.3. The first-order valence-electron chi connectivity index (χ1n) is 9.04. The molecular formula is C19H18F3N5O. The molecule has 1 amide bonds. The quantitative estimate of drug-likeness (QED) is 0.696. The number of benzene rings is 1. The molecule has 0 bridgehead atoms. The van der Waals surface area contributed by atoms with Crippen molar-refractivity contribution < 1.29 is 18.0 Å². The van der Waals surface area contributed by atoms with Crippen molar-refractivity contribution in [2.75, 3.05) is 0 Å². The summed E-state index contributed by atoms with van der Waals surface area (Å²) < 4.78 is 40.8. The summed E-state index contributed by atoms with van der Waals surface area (Å²) in [5, 5.41) is 2.90. The van der Waals surface area contributed by atoms with Crippen LogP contribution in [-0.2, 0) is 6.54 Å². The predicted octanol–water partition coefficient (Wildman–Crippen LogP) is 3.80. The third kappa shape index (κ3) is 3.44. The Labute approximate surface area is 158 Å². The van der Waals surface area contributed by atoms with E-state index < -0.39 is 18.0 Å².